The Hall–Kier alpha value is -4.07. The molecule has 0 saturated carbocycles. The molecule has 2 N–H and O–H groups in total. The number of phenols is 1. The molecule has 6 heterocycles. The van der Waals surface area contributed by atoms with E-state index in [4.69, 9.17) is 26.1 Å². The van der Waals surface area contributed by atoms with E-state index in [9.17, 15) is 9.50 Å². The molecule has 8 rings (SSSR count). The summed E-state index contributed by atoms with van der Waals surface area (Å²) in [5.41, 5.74) is 0.951. The summed E-state index contributed by atoms with van der Waals surface area (Å²) < 4.78 is 38.3. The van der Waals surface area contributed by atoms with E-state index < -0.39 is 11.6 Å². The van der Waals surface area contributed by atoms with Crippen LogP contribution < -0.4 is 15.0 Å². The van der Waals surface area contributed by atoms with Crippen LogP contribution in [0.15, 0.2) is 24.3 Å². The number of phenolic OH excluding ortho intramolecular Hbond substituents is 1. The van der Waals surface area contributed by atoms with E-state index in [1.54, 1.807) is 0 Å². The minimum Gasteiger partial charge on any atom is -0.508 e. The Labute approximate surface area is 268 Å². The van der Waals surface area contributed by atoms with Gasteiger partial charge in [-0.1, -0.05) is 25.8 Å². The number of nitrogens with one attached hydrogen (secondary N) is 1. The summed E-state index contributed by atoms with van der Waals surface area (Å²) in [6, 6.07) is 6.03. The molecule has 0 radical (unpaired) electrons. The first kappa shape index (κ1) is 30.6. The molecule has 4 aliphatic rings. The zero-order valence-corrected chi connectivity index (χ0v) is 26.5. The average molecular weight is 627 g/mol. The van der Waals surface area contributed by atoms with Crippen molar-refractivity contribution in [2.45, 2.75) is 70.4 Å². The van der Waals surface area contributed by atoms with Crippen LogP contribution in [0, 0.1) is 24.0 Å². The second kappa shape index (κ2) is 12.3. The number of halogens is 2. The molecule has 0 spiro atoms. The first-order valence-corrected chi connectivity index (χ1v) is 16.6. The second-order valence-electron chi connectivity index (χ2n) is 12.6. The Balaban J connectivity index is 0.00000166. The van der Waals surface area contributed by atoms with Gasteiger partial charge in [-0.25, -0.2) is 13.8 Å². The first-order valence-electron chi connectivity index (χ1n) is 16.6. The van der Waals surface area contributed by atoms with Crippen molar-refractivity contribution < 1.29 is 18.6 Å². The summed E-state index contributed by atoms with van der Waals surface area (Å²) in [5, 5.41) is 15.5. The Kier molecular flexibility index (Phi) is 8.16. The normalized spacial score (nSPS) is 20.3. The van der Waals surface area contributed by atoms with E-state index in [-0.39, 0.29) is 45.7 Å². The zero-order chi connectivity index (χ0) is 32.0. The van der Waals surface area contributed by atoms with Crippen molar-refractivity contribution in [3.05, 3.63) is 47.2 Å². The molecule has 46 heavy (non-hydrogen) atoms. The molecule has 10 heteroatoms. The van der Waals surface area contributed by atoms with Gasteiger partial charge in [-0.3, -0.25) is 4.90 Å². The van der Waals surface area contributed by atoms with Crippen LogP contribution in [-0.4, -0.2) is 75.9 Å². The molecular formula is C36H40F2N6O2. The van der Waals surface area contributed by atoms with Gasteiger partial charge < -0.3 is 20.1 Å². The smallest absolute Gasteiger partial charge is 0.319 e. The lowest BCUT2D eigenvalue weighted by atomic mass is 9.94. The summed E-state index contributed by atoms with van der Waals surface area (Å²) in [6.07, 6.45) is 12.5. The number of pyridine rings is 1. The molecule has 240 valence electrons. The van der Waals surface area contributed by atoms with Crippen molar-refractivity contribution in [1.82, 2.24) is 25.2 Å². The summed E-state index contributed by atoms with van der Waals surface area (Å²) in [6.45, 7) is 8.92. The van der Waals surface area contributed by atoms with Crippen LogP contribution in [0.25, 0.3) is 32.9 Å². The van der Waals surface area contributed by atoms with Crippen LogP contribution in [0.1, 0.15) is 63.6 Å². The number of nitrogens with zero attached hydrogens (tertiary/aromatic N) is 5. The van der Waals surface area contributed by atoms with E-state index in [1.165, 1.54) is 24.3 Å². The van der Waals surface area contributed by atoms with Gasteiger partial charge in [-0.15, -0.1) is 6.42 Å². The van der Waals surface area contributed by atoms with Gasteiger partial charge in [0, 0.05) is 36.6 Å². The minimum absolute atomic E-state index is 0.00513. The van der Waals surface area contributed by atoms with Crippen molar-refractivity contribution in [3.63, 3.8) is 0 Å². The van der Waals surface area contributed by atoms with Crippen LogP contribution in [-0.2, 0) is 6.42 Å². The number of anilines is 1. The highest BCUT2D eigenvalue weighted by atomic mass is 19.1. The van der Waals surface area contributed by atoms with Gasteiger partial charge in [-0.05, 0) is 81.6 Å². The van der Waals surface area contributed by atoms with E-state index >= 15 is 4.39 Å². The largest absolute Gasteiger partial charge is 0.508 e. The predicted octanol–water partition coefficient (Wildman–Crippen LogP) is 5.96. The topological polar surface area (TPSA) is 86.6 Å². The van der Waals surface area contributed by atoms with E-state index in [1.807, 2.05) is 13.8 Å². The molecule has 0 aliphatic carbocycles. The highest BCUT2D eigenvalue weighted by molar-refractivity contribution is 6.03. The molecule has 4 aromatic rings. The summed E-state index contributed by atoms with van der Waals surface area (Å²) in [5.74, 6) is 1.70. The van der Waals surface area contributed by atoms with Crippen LogP contribution >= 0.6 is 0 Å². The second-order valence-corrected chi connectivity index (χ2v) is 12.6. The number of fused-ring (bicyclic) bond motifs is 4. The molecule has 0 amide bonds. The summed E-state index contributed by atoms with van der Waals surface area (Å²) in [4.78, 5) is 19.3. The average Bonchev–Trinajstić information content (AvgIpc) is 3.65. The number of terminal acetylenes is 1. The molecule has 0 bridgehead atoms. The van der Waals surface area contributed by atoms with Crippen molar-refractivity contribution in [2.24, 2.45) is 0 Å². The molecule has 8 nitrogen and oxygen atoms in total. The van der Waals surface area contributed by atoms with Gasteiger partial charge >= 0.3 is 6.01 Å². The van der Waals surface area contributed by atoms with E-state index in [0.29, 0.717) is 40.7 Å². The molecule has 4 aliphatic heterocycles. The van der Waals surface area contributed by atoms with Crippen molar-refractivity contribution in [2.75, 3.05) is 44.2 Å². The lowest BCUT2D eigenvalue weighted by Gasteiger charge is -2.39. The van der Waals surface area contributed by atoms with Gasteiger partial charge in [0.05, 0.1) is 22.2 Å². The van der Waals surface area contributed by atoms with Crippen LogP contribution in [0.5, 0.6) is 11.8 Å². The van der Waals surface area contributed by atoms with Gasteiger partial charge in [0.25, 0.3) is 0 Å². The van der Waals surface area contributed by atoms with Crippen molar-refractivity contribution in [1.29, 1.82) is 0 Å². The number of hydrogen-bond acceptors (Lipinski definition) is 8. The van der Waals surface area contributed by atoms with Crippen molar-refractivity contribution in [3.8, 4) is 35.4 Å². The highest BCUT2D eigenvalue weighted by Crippen LogP contribution is 2.42. The minimum atomic E-state index is -0.676. The molecule has 1 atom stereocenters. The maximum Gasteiger partial charge on any atom is 0.319 e. The monoisotopic (exact) mass is 626 g/mol. The standard InChI is InChI=1S/C34H34F2N6O2.C2H6/c1-2-23-25(35)9-8-20-16-22(43)17-24(27(20)23)30-29(36)31-28-26(38-30)7-3-6-21-18-37-12-15-42(21)32(28)40-33(39-31)44-19-34-10-4-13-41(34)14-5-11-34;1-2/h1,8-9,16-17,21,37,43H,3-7,10-15,18-19H2;1-2H3/t21-;/m0./s1. The molecule has 3 fully saturated rings. The number of ether oxygens (including phenoxy) is 1. The molecule has 3 saturated heterocycles. The third kappa shape index (κ3) is 5.01. The van der Waals surface area contributed by atoms with E-state index in [0.717, 1.165) is 71.2 Å². The van der Waals surface area contributed by atoms with Gasteiger partial charge in [0.15, 0.2) is 5.82 Å². The van der Waals surface area contributed by atoms with Crippen LogP contribution in [0.3, 0.4) is 0 Å². The Morgan fingerprint density at radius 2 is 1.87 bits per heavy atom. The Morgan fingerprint density at radius 3 is 2.65 bits per heavy atom. The fraction of sp³-hybridized carbons (Fsp3) is 0.472. The number of aryl methyl sites for hydroxylation is 1. The number of benzene rings is 2. The number of piperazine rings is 1. The number of aromatic nitrogens is 3. The van der Waals surface area contributed by atoms with E-state index in [2.05, 4.69) is 21.0 Å². The predicted molar refractivity (Wildman–Crippen MR) is 176 cm³/mol. The lowest BCUT2D eigenvalue weighted by Crippen LogP contribution is -2.52. The maximum absolute atomic E-state index is 17.0. The quantitative estimate of drug-likeness (QED) is 0.269. The third-order valence-corrected chi connectivity index (χ3v) is 10.1. The maximum atomic E-state index is 17.0. The first-order chi connectivity index (χ1) is 22.5. The molecule has 2 aromatic carbocycles. The van der Waals surface area contributed by atoms with Crippen LogP contribution in [0.4, 0.5) is 14.6 Å². The molecular weight excluding hydrogens is 586 g/mol. The van der Waals surface area contributed by atoms with Crippen LogP contribution in [0.2, 0.25) is 0 Å². The number of rotatable bonds is 4. The highest BCUT2D eigenvalue weighted by Gasteiger charge is 2.45. The molecule has 0 unspecified atom stereocenters. The third-order valence-electron chi connectivity index (χ3n) is 10.1. The zero-order valence-electron chi connectivity index (χ0n) is 26.5. The summed E-state index contributed by atoms with van der Waals surface area (Å²) in [7, 11) is 0. The Morgan fingerprint density at radius 1 is 1.07 bits per heavy atom. The number of aromatic hydroxyl groups is 1. The van der Waals surface area contributed by atoms with Gasteiger partial charge in [-0.2, -0.15) is 9.97 Å². The number of hydrogen-bond donors (Lipinski definition) is 2. The molecule has 2 aromatic heterocycles. The lowest BCUT2D eigenvalue weighted by molar-refractivity contribution is 0.108. The Bertz CT molecular complexity index is 1850. The fourth-order valence-electron chi connectivity index (χ4n) is 8.05. The summed E-state index contributed by atoms with van der Waals surface area (Å²) >= 11 is 0. The fourth-order valence-corrected chi connectivity index (χ4v) is 8.05. The van der Waals surface area contributed by atoms with Crippen molar-refractivity contribution >= 4 is 27.5 Å². The van der Waals surface area contributed by atoms with Gasteiger partial charge in [0.1, 0.15) is 35.2 Å². The SMILES string of the molecule is C#Cc1c(F)ccc2cc(O)cc(-c3nc4c5c(nc(OCC67CCCN6CCC7)nc5c3F)N3CCNC[C@@H]3CCC4)c12.CC. The van der Waals surface area contributed by atoms with Gasteiger partial charge in [0.2, 0.25) is 0 Å².